The van der Waals surface area contributed by atoms with E-state index in [2.05, 4.69) is 52.0 Å². The highest BCUT2D eigenvalue weighted by molar-refractivity contribution is 7.99. The molecule has 1 aliphatic heterocycles. The maximum Gasteiger partial charge on any atom is 0.494 e. The first-order valence-electron chi connectivity index (χ1n) is 7.05. The van der Waals surface area contributed by atoms with Crippen LogP contribution < -0.4 is 5.46 Å². The van der Waals surface area contributed by atoms with Crippen LogP contribution in [0.15, 0.2) is 29.2 Å². The summed E-state index contributed by atoms with van der Waals surface area (Å²) < 4.78 is 12.1. The van der Waals surface area contributed by atoms with Crippen LogP contribution in [0.1, 0.15) is 34.1 Å². The van der Waals surface area contributed by atoms with Gasteiger partial charge in [-0.3, -0.25) is 0 Å². The van der Waals surface area contributed by atoms with E-state index in [1.165, 1.54) is 4.90 Å². The Morgan fingerprint density at radius 3 is 2.10 bits per heavy atom. The fourth-order valence-electron chi connectivity index (χ4n) is 1.95. The van der Waals surface area contributed by atoms with Gasteiger partial charge < -0.3 is 14.4 Å². The van der Waals surface area contributed by atoms with E-state index in [0.29, 0.717) is 0 Å². The fourth-order valence-corrected chi connectivity index (χ4v) is 2.79. The molecule has 1 aromatic carbocycles. The molecule has 1 aliphatic rings. The third kappa shape index (κ3) is 3.39. The van der Waals surface area contributed by atoms with Crippen molar-refractivity contribution in [2.45, 2.75) is 50.2 Å². The lowest BCUT2D eigenvalue weighted by atomic mass is 9.79. The third-order valence-corrected chi connectivity index (χ3v) is 5.07. The van der Waals surface area contributed by atoms with Gasteiger partial charge in [0.25, 0.3) is 0 Å². The second kappa shape index (κ2) is 6.10. The minimum Gasteiger partial charge on any atom is -0.399 e. The van der Waals surface area contributed by atoms with Crippen molar-refractivity contribution in [3.05, 3.63) is 24.3 Å². The lowest BCUT2D eigenvalue weighted by Gasteiger charge is -2.32. The summed E-state index contributed by atoms with van der Waals surface area (Å²) in [6.07, 6.45) is 0.823. The van der Waals surface area contributed by atoms with E-state index in [0.717, 1.165) is 17.6 Å². The number of hydrogen-bond donors (Lipinski definition) is 1. The Morgan fingerprint density at radius 1 is 1.05 bits per heavy atom. The second-order valence-corrected chi connectivity index (χ2v) is 7.25. The van der Waals surface area contributed by atoms with Gasteiger partial charge in [-0.2, -0.15) is 0 Å². The molecular formula is C15H23BO3S. The molecule has 0 radical (unpaired) electrons. The molecule has 0 saturated carbocycles. The van der Waals surface area contributed by atoms with E-state index in [1.807, 2.05) is 0 Å². The zero-order valence-corrected chi connectivity index (χ0v) is 13.5. The first kappa shape index (κ1) is 15.9. The molecule has 1 saturated heterocycles. The molecule has 1 N–H and O–H groups in total. The van der Waals surface area contributed by atoms with Crippen molar-refractivity contribution in [3.8, 4) is 0 Å². The van der Waals surface area contributed by atoms with Crippen molar-refractivity contribution in [2.24, 2.45) is 0 Å². The van der Waals surface area contributed by atoms with Crippen molar-refractivity contribution in [2.75, 3.05) is 12.4 Å². The Morgan fingerprint density at radius 2 is 1.60 bits per heavy atom. The van der Waals surface area contributed by atoms with Gasteiger partial charge in [0.15, 0.2) is 0 Å². The van der Waals surface area contributed by atoms with E-state index in [-0.39, 0.29) is 24.9 Å². The van der Waals surface area contributed by atoms with E-state index in [4.69, 9.17) is 14.4 Å². The lowest BCUT2D eigenvalue weighted by Crippen LogP contribution is -2.41. The van der Waals surface area contributed by atoms with E-state index in [1.54, 1.807) is 11.8 Å². The van der Waals surface area contributed by atoms with Crippen molar-refractivity contribution < 1.29 is 14.4 Å². The predicted molar refractivity (Wildman–Crippen MR) is 84.6 cm³/mol. The summed E-state index contributed by atoms with van der Waals surface area (Å²) in [5, 5.41) is 8.78. The molecule has 0 aliphatic carbocycles. The van der Waals surface area contributed by atoms with Crippen LogP contribution in [0.4, 0.5) is 0 Å². The predicted octanol–water partition coefficient (Wildman–Crippen LogP) is 2.46. The Kier molecular flexibility index (Phi) is 4.85. The fraction of sp³-hybridized carbons (Fsp3) is 0.600. The van der Waals surface area contributed by atoms with Gasteiger partial charge >= 0.3 is 7.12 Å². The third-order valence-electron chi connectivity index (χ3n) is 3.98. The SMILES string of the molecule is CC1(C)OB(c2ccc(SCCCO)cc2)OC1(C)C. The molecule has 1 aromatic rings. The topological polar surface area (TPSA) is 38.7 Å². The summed E-state index contributed by atoms with van der Waals surface area (Å²) in [6, 6.07) is 8.29. The van der Waals surface area contributed by atoms with Gasteiger partial charge in [0, 0.05) is 17.3 Å². The first-order chi connectivity index (χ1) is 9.36. The number of aliphatic hydroxyl groups excluding tert-OH is 1. The molecule has 20 heavy (non-hydrogen) atoms. The average molecular weight is 294 g/mol. The molecule has 0 atom stereocenters. The summed E-state index contributed by atoms with van der Waals surface area (Å²) in [6.45, 7) is 8.50. The summed E-state index contributed by atoms with van der Waals surface area (Å²) >= 11 is 1.75. The number of hydrogen-bond acceptors (Lipinski definition) is 4. The number of thioether (sulfide) groups is 1. The van der Waals surface area contributed by atoms with Crippen molar-refractivity contribution in [1.29, 1.82) is 0 Å². The van der Waals surface area contributed by atoms with Crippen LogP contribution in [0.2, 0.25) is 0 Å². The second-order valence-electron chi connectivity index (χ2n) is 6.08. The van der Waals surface area contributed by atoms with Crippen LogP contribution in [0.5, 0.6) is 0 Å². The Bertz CT molecular complexity index is 429. The number of benzene rings is 1. The molecular weight excluding hydrogens is 271 g/mol. The summed E-state index contributed by atoms with van der Waals surface area (Å²) in [4.78, 5) is 1.21. The molecule has 1 fully saturated rings. The summed E-state index contributed by atoms with van der Waals surface area (Å²) in [5.74, 6) is 0.937. The number of rotatable bonds is 5. The normalized spacial score (nSPS) is 20.4. The zero-order valence-electron chi connectivity index (χ0n) is 12.7. The monoisotopic (exact) mass is 294 g/mol. The molecule has 1 heterocycles. The molecule has 110 valence electrons. The smallest absolute Gasteiger partial charge is 0.399 e. The molecule has 2 rings (SSSR count). The standard InChI is InChI=1S/C15H23BO3S/c1-14(2)15(3,4)19-16(18-14)12-6-8-13(9-7-12)20-11-5-10-17/h6-9,17H,5,10-11H2,1-4H3. The van der Waals surface area contributed by atoms with Gasteiger partial charge in [-0.05, 0) is 51.7 Å². The van der Waals surface area contributed by atoms with Gasteiger partial charge in [0.1, 0.15) is 0 Å². The molecule has 0 bridgehead atoms. The van der Waals surface area contributed by atoms with Crippen LogP contribution in [0, 0.1) is 0 Å². The first-order valence-corrected chi connectivity index (χ1v) is 8.03. The molecule has 0 unspecified atom stereocenters. The number of aliphatic hydroxyl groups is 1. The molecule has 5 heteroatoms. The minimum absolute atomic E-state index is 0.249. The highest BCUT2D eigenvalue weighted by Gasteiger charge is 2.51. The Hall–Kier alpha value is -0.485. The Labute approximate surface area is 126 Å². The van der Waals surface area contributed by atoms with E-state index in [9.17, 15) is 0 Å². The minimum atomic E-state index is -0.299. The van der Waals surface area contributed by atoms with Crippen molar-refractivity contribution in [1.82, 2.24) is 0 Å². The molecule has 3 nitrogen and oxygen atoms in total. The van der Waals surface area contributed by atoms with Gasteiger partial charge in [-0.25, -0.2) is 0 Å². The van der Waals surface area contributed by atoms with E-state index >= 15 is 0 Å². The quantitative estimate of drug-likeness (QED) is 0.514. The lowest BCUT2D eigenvalue weighted by molar-refractivity contribution is 0.00578. The molecule has 0 spiro atoms. The molecule has 0 aromatic heterocycles. The van der Waals surface area contributed by atoms with Gasteiger partial charge in [0.05, 0.1) is 11.2 Å². The van der Waals surface area contributed by atoms with Gasteiger partial charge in [-0.1, -0.05) is 12.1 Å². The van der Waals surface area contributed by atoms with Crippen LogP contribution in [-0.2, 0) is 9.31 Å². The van der Waals surface area contributed by atoms with Gasteiger partial charge in [-0.15, -0.1) is 11.8 Å². The maximum atomic E-state index is 8.78. The Balaban J connectivity index is 2.01. The summed E-state index contributed by atoms with van der Waals surface area (Å²) in [5.41, 5.74) is 0.452. The summed E-state index contributed by atoms with van der Waals surface area (Å²) in [7, 11) is -0.295. The van der Waals surface area contributed by atoms with Crippen LogP contribution in [0.3, 0.4) is 0 Å². The van der Waals surface area contributed by atoms with Crippen LogP contribution in [0.25, 0.3) is 0 Å². The van der Waals surface area contributed by atoms with Crippen molar-refractivity contribution >= 4 is 24.3 Å². The van der Waals surface area contributed by atoms with Crippen LogP contribution >= 0.6 is 11.8 Å². The van der Waals surface area contributed by atoms with Gasteiger partial charge in [0.2, 0.25) is 0 Å². The maximum absolute atomic E-state index is 8.78. The van der Waals surface area contributed by atoms with Crippen molar-refractivity contribution in [3.63, 3.8) is 0 Å². The highest BCUT2D eigenvalue weighted by atomic mass is 32.2. The van der Waals surface area contributed by atoms with E-state index < -0.39 is 0 Å². The average Bonchev–Trinajstić information content (AvgIpc) is 2.60. The van der Waals surface area contributed by atoms with Crippen LogP contribution in [-0.4, -0.2) is 35.8 Å². The zero-order chi connectivity index (χ0) is 14.8. The molecule has 0 amide bonds. The largest absolute Gasteiger partial charge is 0.494 e. The highest BCUT2D eigenvalue weighted by Crippen LogP contribution is 2.36.